The molecule has 0 radical (unpaired) electrons. The van der Waals surface area contributed by atoms with Crippen molar-refractivity contribution in [3.8, 4) is 0 Å². The van der Waals surface area contributed by atoms with Crippen LogP contribution in [-0.2, 0) is 10.2 Å². The lowest BCUT2D eigenvalue weighted by Gasteiger charge is -2.24. The maximum absolute atomic E-state index is 11.3. The Hall–Kier alpha value is -1.17. The van der Waals surface area contributed by atoms with Gasteiger partial charge in [-0.3, -0.25) is 4.79 Å². The number of primary amides is 1. The van der Waals surface area contributed by atoms with E-state index in [1.54, 1.807) is 19.9 Å². The van der Waals surface area contributed by atoms with Crippen LogP contribution in [0.1, 0.15) is 40.4 Å². The van der Waals surface area contributed by atoms with Crippen molar-refractivity contribution < 1.29 is 4.79 Å². The lowest BCUT2D eigenvalue weighted by molar-refractivity contribution is -0.121. The first-order chi connectivity index (χ1) is 8.02. The second kappa shape index (κ2) is 4.84. The fourth-order valence-electron chi connectivity index (χ4n) is 1.20. The van der Waals surface area contributed by atoms with Gasteiger partial charge in [0.05, 0.1) is 0 Å². The number of nitrogens with two attached hydrogens (primary N) is 1. The first-order valence-corrected chi connectivity index (χ1v) is 6.45. The fraction of sp³-hybridized carbons (Fsp3) is 0.583. The Labute approximate surface area is 116 Å². The van der Waals surface area contributed by atoms with Crippen molar-refractivity contribution in [3.63, 3.8) is 0 Å². The van der Waals surface area contributed by atoms with E-state index in [1.807, 2.05) is 20.8 Å². The molecular weight excluding hydrogens is 296 g/mol. The Morgan fingerprint density at radius 2 is 1.83 bits per heavy atom. The molecule has 0 fully saturated rings. The lowest BCUT2D eigenvalue weighted by atomic mass is 9.96. The number of hydrogen-bond acceptors (Lipinski definition) is 4. The summed E-state index contributed by atoms with van der Waals surface area (Å²) in [5.74, 6) is 0.833. The molecular formula is C12H19BrN4O. The summed E-state index contributed by atoms with van der Waals surface area (Å²) in [5, 5.41) is 3.02. The largest absolute Gasteiger partial charge is 0.368 e. The number of anilines is 1. The summed E-state index contributed by atoms with van der Waals surface area (Å²) in [7, 11) is 0. The smallest absolute Gasteiger partial charge is 0.242 e. The van der Waals surface area contributed by atoms with E-state index in [0.29, 0.717) is 16.2 Å². The number of rotatable bonds is 3. The number of nitrogens with one attached hydrogen (secondary N) is 1. The SMILES string of the molecule is CC(C)(Nc1cc(Br)nc(C(C)(C)C)n1)C(N)=O. The van der Waals surface area contributed by atoms with Gasteiger partial charge in [-0.2, -0.15) is 0 Å². The Morgan fingerprint density at radius 1 is 1.28 bits per heavy atom. The molecule has 0 aliphatic rings. The van der Waals surface area contributed by atoms with Gasteiger partial charge in [0.25, 0.3) is 0 Å². The average molecular weight is 315 g/mol. The second-order valence-electron chi connectivity index (χ2n) is 5.76. The number of carbonyl (C=O) groups excluding carboxylic acids is 1. The van der Waals surface area contributed by atoms with Crippen molar-refractivity contribution in [1.29, 1.82) is 0 Å². The quantitative estimate of drug-likeness (QED) is 0.838. The van der Waals surface area contributed by atoms with Gasteiger partial charge in [-0.1, -0.05) is 20.8 Å². The molecule has 18 heavy (non-hydrogen) atoms. The number of halogens is 1. The van der Waals surface area contributed by atoms with Crippen LogP contribution >= 0.6 is 15.9 Å². The molecule has 3 N–H and O–H groups in total. The summed E-state index contributed by atoms with van der Waals surface area (Å²) in [4.78, 5) is 20.0. The molecule has 0 bridgehead atoms. The first kappa shape index (κ1) is 14.9. The third-order valence-electron chi connectivity index (χ3n) is 2.42. The van der Waals surface area contributed by atoms with Crippen LogP contribution in [-0.4, -0.2) is 21.4 Å². The molecule has 1 heterocycles. The van der Waals surface area contributed by atoms with Crippen molar-refractivity contribution in [1.82, 2.24) is 9.97 Å². The molecule has 0 saturated heterocycles. The summed E-state index contributed by atoms with van der Waals surface area (Å²) >= 11 is 3.34. The van der Waals surface area contributed by atoms with E-state index in [0.717, 1.165) is 0 Å². The van der Waals surface area contributed by atoms with Gasteiger partial charge in [0.2, 0.25) is 5.91 Å². The van der Waals surface area contributed by atoms with Crippen molar-refractivity contribution in [3.05, 3.63) is 16.5 Å². The first-order valence-electron chi connectivity index (χ1n) is 5.65. The molecule has 0 spiro atoms. The van der Waals surface area contributed by atoms with Crippen LogP contribution in [0.15, 0.2) is 10.7 Å². The third-order valence-corrected chi connectivity index (χ3v) is 2.83. The highest BCUT2D eigenvalue weighted by molar-refractivity contribution is 9.10. The van der Waals surface area contributed by atoms with Gasteiger partial charge in [0.1, 0.15) is 21.8 Å². The highest BCUT2D eigenvalue weighted by atomic mass is 79.9. The van der Waals surface area contributed by atoms with Gasteiger partial charge in [-0.25, -0.2) is 9.97 Å². The zero-order chi connectivity index (χ0) is 14.1. The minimum atomic E-state index is -0.858. The molecule has 5 nitrogen and oxygen atoms in total. The van der Waals surface area contributed by atoms with Gasteiger partial charge < -0.3 is 11.1 Å². The molecule has 1 rings (SSSR count). The van der Waals surface area contributed by atoms with Crippen molar-refractivity contribution in [2.24, 2.45) is 5.73 Å². The van der Waals surface area contributed by atoms with E-state index in [9.17, 15) is 4.79 Å². The van der Waals surface area contributed by atoms with E-state index >= 15 is 0 Å². The molecule has 6 heteroatoms. The van der Waals surface area contributed by atoms with Gasteiger partial charge >= 0.3 is 0 Å². The summed E-state index contributed by atoms with van der Waals surface area (Å²) in [6.45, 7) is 9.50. The van der Waals surface area contributed by atoms with Crippen LogP contribution in [0, 0.1) is 0 Å². The predicted octanol–water partition coefficient (Wildman–Crippen LogP) is 2.21. The Kier molecular flexibility index (Phi) is 4.00. The lowest BCUT2D eigenvalue weighted by Crippen LogP contribution is -2.45. The number of aromatic nitrogens is 2. The normalized spacial score (nSPS) is 12.3. The van der Waals surface area contributed by atoms with E-state index in [4.69, 9.17) is 5.73 Å². The van der Waals surface area contributed by atoms with Crippen LogP contribution in [0.4, 0.5) is 5.82 Å². The molecule has 0 atom stereocenters. The third kappa shape index (κ3) is 3.66. The topological polar surface area (TPSA) is 80.9 Å². The summed E-state index contributed by atoms with van der Waals surface area (Å²) in [6.07, 6.45) is 0. The predicted molar refractivity (Wildman–Crippen MR) is 75.3 cm³/mol. The summed E-state index contributed by atoms with van der Waals surface area (Å²) < 4.78 is 0.671. The maximum Gasteiger partial charge on any atom is 0.242 e. The minimum Gasteiger partial charge on any atom is -0.368 e. The average Bonchev–Trinajstić information content (AvgIpc) is 2.13. The maximum atomic E-state index is 11.3. The van der Waals surface area contributed by atoms with E-state index < -0.39 is 11.4 Å². The fourth-order valence-corrected chi connectivity index (χ4v) is 1.58. The van der Waals surface area contributed by atoms with Gasteiger partial charge in [0.15, 0.2) is 0 Å². The molecule has 1 amide bonds. The van der Waals surface area contributed by atoms with E-state index in [-0.39, 0.29) is 5.41 Å². The number of carbonyl (C=O) groups is 1. The highest BCUT2D eigenvalue weighted by Gasteiger charge is 2.26. The molecule has 0 aromatic carbocycles. The molecule has 0 unspecified atom stereocenters. The van der Waals surface area contributed by atoms with E-state index in [2.05, 4.69) is 31.2 Å². The highest BCUT2D eigenvalue weighted by Crippen LogP contribution is 2.23. The Morgan fingerprint density at radius 3 is 2.28 bits per heavy atom. The van der Waals surface area contributed by atoms with Gasteiger partial charge in [0, 0.05) is 11.5 Å². The van der Waals surface area contributed by atoms with Crippen LogP contribution in [0.5, 0.6) is 0 Å². The van der Waals surface area contributed by atoms with Gasteiger partial charge in [-0.15, -0.1) is 0 Å². The van der Waals surface area contributed by atoms with Gasteiger partial charge in [-0.05, 0) is 29.8 Å². The van der Waals surface area contributed by atoms with E-state index in [1.165, 1.54) is 0 Å². The number of amides is 1. The van der Waals surface area contributed by atoms with Crippen molar-refractivity contribution in [2.45, 2.75) is 45.6 Å². The second-order valence-corrected chi connectivity index (χ2v) is 6.58. The standard InChI is InChI=1S/C12H19BrN4O/c1-11(2,3)10-15-7(13)6-8(16-10)17-12(4,5)9(14)18/h6H,1-5H3,(H2,14,18)(H,15,16,17). The zero-order valence-corrected chi connectivity index (χ0v) is 12.9. The molecule has 0 aliphatic carbocycles. The molecule has 0 aliphatic heterocycles. The van der Waals surface area contributed by atoms with Crippen LogP contribution in [0.2, 0.25) is 0 Å². The molecule has 1 aromatic heterocycles. The molecule has 0 saturated carbocycles. The van der Waals surface area contributed by atoms with Crippen LogP contribution in [0.25, 0.3) is 0 Å². The monoisotopic (exact) mass is 314 g/mol. The van der Waals surface area contributed by atoms with Crippen molar-refractivity contribution >= 4 is 27.7 Å². The summed E-state index contributed by atoms with van der Waals surface area (Å²) in [5.41, 5.74) is 4.30. The number of nitrogens with zero attached hydrogens (tertiary/aromatic N) is 2. The van der Waals surface area contributed by atoms with Crippen molar-refractivity contribution in [2.75, 3.05) is 5.32 Å². The molecule has 100 valence electrons. The minimum absolute atomic E-state index is 0.170. The Balaban J connectivity index is 3.12. The van der Waals surface area contributed by atoms with Crippen LogP contribution < -0.4 is 11.1 Å². The summed E-state index contributed by atoms with van der Waals surface area (Å²) in [6, 6.07) is 1.72. The molecule has 1 aromatic rings. The zero-order valence-electron chi connectivity index (χ0n) is 11.3. The van der Waals surface area contributed by atoms with Crippen LogP contribution in [0.3, 0.4) is 0 Å². The number of hydrogen-bond donors (Lipinski definition) is 2. The Bertz CT molecular complexity index is 466.